The molecule has 0 saturated heterocycles. The van der Waals surface area contributed by atoms with Crippen LogP contribution < -0.4 is 16.7 Å². The van der Waals surface area contributed by atoms with E-state index in [4.69, 9.17) is 5.21 Å². The van der Waals surface area contributed by atoms with E-state index in [9.17, 15) is 14.4 Å². The normalized spacial score (nSPS) is 10.8. The number of unbranched alkanes of at least 4 members (excludes halogenated alkanes) is 3. The Labute approximate surface area is 143 Å². The smallest absolute Gasteiger partial charge is 0.298 e. The van der Waals surface area contributed by atoms with Gasteiger partial charge >= 0.3 is 11.6 Å². The summed E-state index contributed by atoms with van der Waals surface area (Å²) in [5.74, 6) is -0.816. The first-order valence-corrected chi connectivity index (χ1v) is 8.05. The van der Waals surface area contributed by atoms with Crippen LogP contribution in [0.1, 0.15) is 42.0 Å². The molecule has 10 nitrogen and oxygen atoms in total. The molecule has 0 radical (unpaired) electrons. The van der Waals surface area contributed by atoms with E-state index in [2.05, 4.69) is 10.1 Å². The molecule has 0 unspecified atom stereocenters. The number of carbonyl (C=O) groups excluding carboxylic acids is 1. The maximum atomic E-state index is 12.1. The minimum absolute atomic E-state index is 0.0768. The van der Waals surface area contributed by atoms with Crippen molar-refractivity contribution in [3.8, 4) is 0 Å². The molecular weight excluding hydrogens is 328 g/mol. The van der Waals surface area contributed by atoms with Gasteiger partial charge in [0.05, 0.1) is 0 Å². The number of hydrogen-bond donors (Lipinski definition) is 2. The third-order valence-electron chi connectivity index (χ3n) is 3.97. The molecule has 0 fully saturated rings. The highest BCUT2D eigenvalue weighted by Crippen LogP contribution is 2.04. The van der Waals surface area contributed by atoms with E-state index in [0.717, 1.165) is 30.3 Å². The summed E-state index contributed by atoms with van der Waals surface area (Å²) in [6.45, 7) is 2.95. The third kappa shape index (κ3) is 4.63. The van der Waals surface area contributed by atoms with Crippen LogP contribution >= 0.6 is 0 Å². The Morgan fingerprint density at radius 3 is 2.56 bits per heavy atom. The number of nitrogens with one attached hydrogen (secondary N) is 1. The number of nitrogens with zero attached hydrogens (tertiary/aromatic N) is 5. The van der Waals surface area contributed by atoms with Crippen LogP contribution in [0.25, 0.3) is 0 Å². The van der Waals surface area contributed by atoms with Crippen molar-refractivity contribution < 1.29 is 10.0 Å². The first kappa shape index (κ1) is 18.6. The SMILES string of the molecule is Cc1cc(=O)n(C)c(=O)n1CCCCCCn1cnc(C(=O)NO)n1. The van der Waals surface area contributed by atoms with Gasteiger partial charge in [0.2, 0.25) is 5.82 Å². The molecule has 0 aliphatic heterocycles. The second-order valence-corrected chi connectivity index (χ2v) is 5.80. The summed E-state index contributed by atoms with van der Waals surface area (Å²) in [7, 11) is 1.48. The highest BCUT2D eigenvalue weighted by molar-refractivity contribution is 5.89. The molecule has 10 heteroatoms. The lowest BCUT2D eigenvalue weighted by Gasteiger charge is -2.10. The number of carbonyl (C=O) groups is 1. The van der Waals surface area contributed by atoms with E-state index in [1.807, 2.05) is 0 Å². The topological polar surface area (TPSA) is 124 Å². The number of hydroxylamine groups is 1. The second kappa shape index (κ2) is 8.38. The van der Waals surface area contributed by atoms with E-state index in [1.54, 1.807) is 16.2 Å². The van der Waals surface area contributed by atoms with Gasteiger partial charge in [-0.05, 0) is 19.8 Å². The van der Waals surface area contributed by atoms with Crippen molar-refractivity contribution >= 4 is 5.91 Å². The molecule has 2 heterocycles. The molecule has 0 spiro atoms. The van der Waals surface area contributed by atoms with Crippen molar-refractivity contribution in [3.63, 3.8) is 0 Å². The predicted octanol–water partition coefficient (Wildman–Crippen LogP) is -0.173. The van der Waals surface area contributed by atoms with E-state index >= 15 is 0 Å². The van der Waals surface area contributed by atoms with Gasteiger partial charge in [-0.25, -0.2) is 15.3 Å². The van der Waals surface area contributed by atoms with Crippen molar-refractivity contribution in [2.75, 3.05) is 0 Å². The fraction of sp³-hybridized carbons (Fsp3) is 0.533. The number of hydrogen-bond acceptors (Lipinski definition) is 6. The van der Waals surface area contributed by atoms with Gasteiger partial charge in [0.25, 0.3) is 5.56 Å². The first-order valence-electron chi connectivity index (χ1n) is 8.05. The van der Waals surface area contributed by atoms with E-state index in [1.165, 1.54) is 24.9 Å². The van der Waals surface area contributed by atoms with Crippen molar-refractivity contribution in [1.29, 1.82) is 0 Å². The molecule has 0 saturated carbocycles. The molecule has 25 heavy (non-hydrogen) atoms. The Morgan fingerprint density at radius 2 is 1.88 bits per heavy atom. The fourth-order valence-corrected chi connectivity index (χ4v) is 2.51. The van der Waals surface area contributed by atoms with Gasteiger partial charge in [-0.2, -0.15) is 0 Å². The van der Waals surface area contributed by atoms with Crippen LogP contribution in [-0.4, -0.2) is 35.0 Å². The maximum absolute atomic E-state index is 12.1. The Kier molecular flexibility index (Phi) is 6.23. The molecule has 0 aliphatic carbocycles. The van der Waals surface area contributed by atoms with Crippen LogP contribution in [0.15, 0.2) is 22.0 Å². The Balaban J connectivity index is 1.75. The summed E-state index contributed by atoms with van der Waals surface area (Å²) in [6, 6.07) is 1.46. The second-order valence-electron chi connectivity index (χ2n) is 5.80. The monoisotopic (exact) mass is 350 g/mol. The standard InChI is InChI=1S/C15H22N6O4/c1-11-9-12(22)19(2)15(24)21(11)8-6-4-3-5-7-20-10-16-13(17-20)14(23)18-25/h9-10,25H,3-8H2,1-2H3,(H,18,23). The van der Waals surface area contributed by atoms with Gasteiger partial charge in [0.15, 0.2) is 0 Å². The number of aromatic nitrogens is 5. The average Bonchev–Trinajstić information content (AvgIpc) is 3.06. The number of amides is 1. The zero-order chi connectivity index (χ0) is 18.4. The zero-order valence-electron chi connectivity index (χ0n) is 14.3. The van der Waals surface area contributed by atoms with E-state index in [-0.39, 0.29) is 17.1 Å². The Morgan fingerprint density at radius 1 is 1.20 bits per heavy atom. The number of aryl methyl sites for hydroxylation is 2. The van der Waals surface area contributed by atoms with Gasteiger partial charge in [-0.15, -0.1) is 5.10 Å². The lowest BCUT2D eigenvalue weighted by atomic mass is 10.2. The summed E-state index contributed by atoms with van der Waals surface area (Å²) >= 11 is 0. The fourth-order valence-electron chi connectivity index (χ4n) is 2.51. The van der Waals surface area contributed by atoms with Gasteiger partial charge in [0, 0.05) is 31.9 Å². The molecule has 2 N–H and O–H groups in total. The third-order valence-corrected chi connectivity index (χ3v) is 3.97. The number of rotatable bonds is 8. The van der Waals surface area contributed by atoms with Crippen LogP contribution in [0, 0.1) is 6.92 Å². The van der Waals surface area contributed by atoms with Crippen molar-refractivity contribution in [2.24, 2.45) is 7.05 Å². The van der Waals surface area contributed by atoms with Crippen molar-refractivity contribution in [3.05, 3.63) is 44.8 Å². The van der Waals surface area contributed by atoms with Crippen LogP contribution in [-0.2, 0) is 20.1 Å². The summed E-state index contributed by atoms with van der Waals surface area (Å²) < 4.78 is 4.27. The predicted molar refractivity (Wildman–Crippen MR) is 88.4 cm³/mol. The van der Waals surface area contributed by atoms with Crippen LogP contribution in [0.5, 0.6) is 0 Å². The molecule has 136 valence electrons. The van der Waals surface area contributed by atoms with Crippen molar-refractivity contribution in [1.82, 2.24) is 29.4 Å². The molecule has 2 aromatic rings. The lowest BCUT2D eigenvalue weighted by Crippen LogP contribution is -2.38. The van der Waals surface area contributed by atoms with E-state index < -0.39 is 5.91 Å². The average molecular weight is 350 g/mol. The molecular formula is C15H22N6O4. The molecule has 1 amide bonds. The quantitative estimate of drug-likeness (QED) is 0.387. The first-order chi connectivity index (χ1) is 11.9. The molecule has 0 aromatic carbocycles. The summed E-state index contributed by atoms with van der Waals surface area (Å²) in [5, 5.41) is 12.4. The minimum atomic E-state index is -0.739. The van der Waals surface area contributed by atoms with Crippen LogP contribution in [0.4, 0.5) is 0 Å². The summed E-state index contributed by atoms with van der Waals surface area (Å²) in [5.41, 5.74) is 1.58. The molecule has 0 aliphatic rings. The van der Waals surface area contributed by atoms with E-state index in [0.29, 0.717) is 18.8 Å². The Hall–Kier alpha value is -2.75. The highest BCUT2D eigenvalue weighted by Gasteiger charge is 2.09. The summed E-state index contributed by atoms with van der Waals surface area (Å²) in [6.07, 6.45) is 4.98. The molecule has 2 rings (SSSR count). The largest absolute Gasteiger partial charge is 0.330 e. The van der Waals surface area contributed by atoms with Gasteiger partial charge in [0.1, 0.15) is 6.33 Å². The summed E-state index contributed by atoms with van der Waals surface area (Å²) in [4.78, 5) is 38.5. The van der Waals surface area contributed by atoms with Crippen LogP contribution in [0.2, 0.25) is 0 Å². The van der Waals surface area contributed by atoms with Gasteiger partial charge < -0.3 is 0 Å². The van der Waals surface area contributed by atoms with Gasteiger partial charge in [-0.3, -0.25) is 28.6 Å². The molecule has 0 bridgehead atoms. The maximum Gasteiger partial charge on any atom is 0.330 e. The lowest BCUT2D eigenvalue weighted by molar-refractivity contribution is 0.0694. The van der Waals surface area contributed by atoms with Crippen molar-refractivity contribution in [2.45, 2.75) is 45.7 Å². The molecule has 2 aromatic heterocycles. The highest BCUT2D eigenvalue weighted by atomic mass is 16.5. The minimum Gasteiger partial charge on any atom is -0.298 e. The zero-order valence-corrected chi connectivity index (χ0v) is 14.3. The van der Waals surface area contributed by atoms with Gasteiger partial charge in [-0.1, -0.05) is 12.8 Å². The Bertz CT molecular complexity index is 850. The molecule has 0 atom stereocenters. The van der Waals surface area contributed by atoms with Crippen LogP contribution in [0.3, 0.4) is 0 Å².